The van der Waals surface area contributed by atoms with E-state index in [4.69, 9.17) is 16.4 Å². The molecule has 1 aromatic heterocycles. The monoisotopic (exact) mass is 553 g/mol. The van der Waals surface area contributed by atoms with Gasteiger partial charge in [-0.15, -0.1) is 0 Å². The lowest BCUT2D eigenvalue weighted by molar-refractivity contribution is 0.0233. The molecule has 0 spiro atoms. The third-order valence-corrected chi connectivity index (χ3v) is 6.98. The van der Waals surface area contributed by atoms with Crippen LogP contribution >= 0.6 is 11.6 Å². The molecule has 40 heavy (non-hydrogen) atoms. The second kappa shape index (κ2) is 12.6. The second-order valence-electron chi connectivity index (χ2n) is 9.44. The molecule has 0 aliphatic carbocycles. The van der Waals surface area contributed by atoms with Crippen LogP contribution in [-0.2, 0) is 37.4 Å². The Kier molecular flexibility index (Phi) is 8.54. The van der Waals surface area contributed by atoms with Gasteiger partial charge in [0.15, 0.2) is 0 Å². The molecule has 0 fully saturated rings. The van der Waals surface area contributed by atoms with Crippen molar-refractivity contribution in [3.63, 3.8) is 0 Å². The third-order valence-electron chi connectivity index (χ3n) is 6.74. The van der Waals surface area contributed by atoms with Gasteiger partial charge in [0.2, 0.25) is 0 Å². The van der Waals surface area contributed by atoms with Crippen LogP contribution in [-0.4, -0.2) is 15.0 Å². The number of benzene rings is 4. The number of rotatable bonds is 10. The first-order chi connectivity index (χ1) is 19.5. The first-order valence-electron chi connectivity index (χ1n) is 13.0. The fourth-order valence-corrected chi connectivity index (χ4v) is 4.74. The lowest BCUT2D eigenvalue weighted by Gasteiger charge is -2.15. The van der Waals surface area contributed by atoms with Gasteiger partial charge in [-0.25, -0.2) is 10.3 Å². The number of fused-ring (bicyclic) bond motifs is 1. The highest BCUT2D eigenvalue weighted by molar-refractivity contribution is 6.31. The molecule has 0 radical (unpaired) electrons. The van der Waals surface area contributed by atoms with Crippen LogP contribution < -0.4 is 16.7 Å². The molecule has 0 bridgehead atoms. The molecule has 1 heterocycles. The summed E-state index contributed by atoms with van der Waals surface area (Å²) in [6, 6.07) is 31.4. The summed E-state index contributed by atoms with van der Waals surface area (Å²) >= 11 is 6.24. The van der Waals surface area contributed by atoms with Crippen molar-refractivity contribution in [3.8, 4) is 0 Å². The minimum absolute atomic E-state index is 0.269. The van der Waals surface area contributed by atoms with Crippen molar-refractivity contribution in [1.82, 2.24) is 14.6 Å². The van der Waals surface area contributed by atoms with E-state index in [1.807, 2.05) is 72.8 Å². The minimum Gasteiger partial charge on any atom is -0.293 e. The predicted molar refractivity (Wildman–Crippen MR) is 156 cm³/mol. The number of hydrogen-bond acceptors (Lipinski definition) is 4. The Hall–Kier alpha value is -4.46. The quantitative estimate of drug-likeness (QED) is 0.242. The molecule has 5 aromatic rings. The van der Waals surface area contributed by atoms with E-state index in [0.717, 1.165) is 16.7 Å². The average molecular weight is 554 g/mol. The molecule has 0 unspecified atom stereocenters. The summed E-state index contributed by atoms with van der Waals surface area (Å²) < 4.78 is 2.90. The lowest BCUT2D eigenvalue weighted by atomic mass is 10.1. The van der Waals surface area contributed by atoms with Gasteiger partial charge in [0.25, 0.3) is 11.5 Å². The highest BCUT2D eigenvalue weighted by Gasteiger charge is 2.14. The molecule has 4 aromatic carbocycles. The SMILES string of the molecule is O=C(NOCc1ccccc1)c1ccc(CCn2c(=O)n(CCc3ccccc3)c(=O)c3ccc(Cl)cc32)cc1. The summed E-state index contributed by atoms with van der Waals surface area (Å²) in [6.45, 7) is 0.883. The summed E-state index contributed by atoms with van der Waals surface area (Å²) in [4.78, 5) is 44.5. The highest BCUT2D eigenvalue weighted by Crippen LogP contribution is 2.17. The first-order valence-corrected chi connectivity index (χ1v) is 13.4. The first kappa shape index (κ1) is 27.1. The fourth-order valence-electron chi connectivity index (χ4n) is 4.57. The van der Waals surface area contributed by atoms with Crippen molar-refractivity contribution in [1.29, 1.82) is 0 Å². The molecule has 1 N–H and O–H groups in total. The molecular formula is C32H28ClN3O4. The lowest BCUT2D eigenvalue weighted by Crippen LogP contribution is -2.40. The molecule has 5 rings (SSSR count). The Morgan fingerprint density at radius 2 is 1.32 bits per heavy atom. The van der Waals surface area contributed by atoms with E-state index >= 15 is 0 Å². The number of carbonyl (C=O) groups is 1. The standard InChI is InChI=1S/C32H28ClN3O4/c33-27-15-16-28-29(21-27)35(32(39)36(31(28)38)20-18-23-7-3-1-4-8-23)19-17-24-11-13-26(14-12-24)30(37)34-40-22-25-9-5-2-6-10-25/h1-16,21H,17-20,22H2,(H,34,37). The van der Waals surface area contributed by atoms with Gasteiger partial charge in [-0.2, -0.15) is 0 Å². The number of amides is 1. The molecule has 202 valence electrons. The molecule has 7 nitrogen and oxygen atoms in total. The fraction of sp³-hybridized carbons (Fsp3) is 0.156. The Morgan fingerprint density at radius 3 is 2.00 bits per heavy atom. The molecule has 0 atom stereocenters. The van der Waals surface area contributed by atoms with Gasteiger partial charge in [-0.1, -0.05) is 84.4 Å². The van der Waals surface area contributed by atoms with Crippen molar-refractivity contribution in [3.05, 3.63) is 151 Å². The largest absolute Gasteiger partial charge is 0.331 e. The number of aromatic nitrogens is 2. The van der Waals surface area contributed by atoms with E-state index in [-0.39, 0.29) is 30.3 Å². The van der Waals surface area contributed by atoms with Gasteiger partial charge < -0.3 is 0 Å². The normalized spacial score (nSPS) is 11.0. The number of carbonyl (C=O) groups excluding carboxylic acids is 1. The molecule has 1 amide bonds. The van der Waals surface area contributed by atoms with Crippen molar-refractivity contribution in [2.45, 2.75) is 32.5 Å². The maximum Gasteiger partial charge on any atom is 0.331 e. The van der Waals surface area contributed by atoms with Crippen LogP contribution in [0, 0.1) is 0 Å². The van der Waals surface area contributed by atoms with Crippen LogP contribution in [0.5, 0.6) is 0 Å². The predicted octanol–water partition coefficient (Wildman–Crippen LogP) is 5.16. The van der Waals surface area contributed by atoms with E-state index in [2.05, 4.69) is 5.48 Å². The van der Waals surface area contributed by atoms with E-state index in [1.54, 1.807) is 34.9 Å². The van der Waals surface area contributed by atoms with E-state index < -0.39 is 0 Å². The van der Waals surface area contributed by atoms with Crippen LogP contribution in [0.3, 0.4) is 0 Å². The van der Waals surface area contributed by atoms with E-state index in [9.17, 15) is 14.4 Å². The van der Waals surface area contributed by atoms with Gasteiger partial charge in [-0.05, 0) is 59.9 Å². The van der Waals surface area contributed by atoms with Crippen LogP contribution in [0.25, 0.3) is 10.9 Å². The van der Waals surface area contributed by atoms with Gasteiger partial charge in [0.1, 0.15) is 0 Å². The zero-order valence-electron chi connectivity index (χ0n) is 21.8. The van der Waals surface area contributed by atoms with Crippen LogP contribution in [0.1, 0.15) is 27.0 Å². The topological polar surface area (TPSA) is 82.3 Å². The molecule has 0 saturated heterocycles. The molecule has 0 aliphatic heterocycles. The van der Waals surface area contributed by atoms with Crippen LogP contribution in [0.4, 0.5) is 0 Å². The Bertz CT molecular complexity index is 1730. The Labute approximate surface area is 236 Å². The number of hydrogen-bond donors (Lipinski definition) is 1. The summed E-state index contributed by atoms with van der Waals surface area (Å²) in [5.74, 6) is -0.343. The van der Waals surface area contributed by atoms with Crippen molar-refractivity contribution in [2.24, 2.45) is 0 Å². The number of nitrogens with zero attached hydrogens (tertiary/aromatic N) is 2. The van der Waals surface area contributed by atoms with E-state index in [1.165, 1.54) is 4.57 Å². The number of halogens is 1. The summed E-state index contributed by atoms with van der Waals surface area (Å²) in [5.41, 5.74) is 5.66. The van der Waals surface area contributed by atoms with Crippen molar-refractivity contribution >= 4 is 28.4 Å². The van der Waals surface area contributed by atoms with Crippen LogP contribution in [0.15, 0.2) is 113 Å². The summed E-state index contributed by atoms with van der Waals surface area (Å²) in [7, 11) is 0. The van der Waals surface area contributed by atoms with Gasteiger partial charge >= 0.3 is 5.69 Å². The summed E-state index contributed by atoms with van der Waals surface area (Å²) in [5, 5.41) is 0.895. The van der Waals surface area contributed by atoms with Gasteiger partial charge in [-0.3, -0.25) is 23.6 Å². The van der Waals surface area contributed by atoms with Crippen molar-refractivity contribution in [2.75, 3.05) is 0 Å². The number of nitrogens with one attached hydrogen (secondary N) is 1. The zero-order chi connectivity index (χ0) is 27.9. The van der Waals surface area contributed by atoms with Gasteiger partial charge in [0.05, 0.1) is 17.5 Å². The van der Waals surface area contributed by atoms with E-state index in [0.29, 0.717) is 40.9 Å². The molecule has 0 saturated carbocycles. The number of hydroxylamine groups is 1. The zero-order valence-corrected chi connectivity index (χ0v) is 22.5. The van der Waals surface area contributed by atoms with Crippen molar-refractivity contribution < 1.29 is 9.63 Å². The third kappa shape index (κ3) is 6.39. The summed E-state index contributed by atoms with van der Waals surface area (Å²) in [6.07, 6.45) is 1.08. The Balaban J connectivity index is 1.30. The molecular weight excluding hydrogens is 526 g/mol. The minimum atomic E-state index is -0.373. The highest BCUT2D eigenvalue weighted by atomic mass is 35.5. The Morgan fingerprint density at radius 1 is 0.725 bits per heavy atom. The maximum absolute atomic E-state index is 13.5. The average Bonchev–Trinajstić information content (AvgIpc) is 2.98. The smallest absolute Gasteiger partial charge is 0.293 e. The van der Waals surface area contributed by atoms with Crippen LogP contribution in [0.2, 0.25) is 5.02 Å². The molecule has 8 heteroatoms. The molecule has 0 aliphatic rings. The maximum atomic E-state index is 13.5. The second-order valence-corrected chi connectivity index (χ2v) is 9.88. The number of aryl methyl sites for hydroxylation is 3. The van der Waals surface area contributed by atoms with Gasteiger partial charge in [0, 0.05) is 23.7 Å².